The highest BCUT2D eigenvalue weighted by molar-refractivity contribution is 5.95. The maximum Gasteiger partial charge on any atom is 0.423 e. The number of hydrogen-bond acceptors (Lipinski definition) is 7. The quantitative estimate of drug-likeness (QED) is 0.447. The van der Waals surface area contributed by atoms with Crippen molar-refractivity contribution in [2.24, 2.45) is 0 Å². The highest BCUT2D eigenvalue weighted by atomic mass is 19.4. The number of aryl methyl sites for hydroxylation is 1. The minimum absolute atomic E-state index is 0.142. The molecule has 1 fully saturated rings. The Balaban J connectivity index is 1.37. The number of alkyl halides is 6. The fourth-order valence-corrected chi connectivity index (χ4v) is 4.28. The monoisotopic (exact) mass is 558 g/mol. The molecular weight excluding hydrogens is 534 g/mol. The molecule has 2 N–H and O–H groups in total. The third-order valence-electron chi connectivity index (χ3n) is 6.15. The first-order chi connectivity index (χ1) is 18.2. The van der Waals surface area contributed by atoms with Crippen LogP contribution in [0, 0.1) is 6.92 Å². The van der Waals surface area contributed by atoms with E-state index in [1.807, 2.05) is 0 Å². The van der Waals surface area contributed by atoms with Crippen LogP contribution in [0.3, 0.4) is 0 Å². The third-order valence-corrected chi connectivity index (χ3v) is 6.15. The van der Waals surface area contributed by atoms with E-state index < -0.39 is 40.8 Å². The molecule has 0 aromatic carbocycles. The number of hydrogen-bond donors (Lipinski definition) is 2. The number of aromatic nitrogens is 5. The van der Waals surface area contributed by atoms with Crippen molar-refractivity contribution >= 4 is 17.5 Å². The molecule has 3 aromatic heterocycles. The molecule has 1 atom stereocenters. The summed E-state index contributed by atoms with van der Waals surface area (Å²) in [5, 5.41) is 7.88. The van der Waals surface area contributed by atoms with E-state index in [-0.39, 0.29) is 18.4 Å². The van der Waals surface area contributed by atoms with Crippen molar-refractivity contribution in [1.82, 2.24) is 29.6 Å². The summed E-state index contributed by atoms with van der Waals surface area (Å²) in [5.74, 6) is -0.110. The molecule has 4 heterocycles. The predicted octanol–water partition coefficient (Wildman–Crippen LogP) is 3.17. The van der Waals surface area contributed by atoms with E-state index in [1.165, 1.54) is 0 Å². The van der Waals surface area contributed by atoms with E-state index in [0.717, 1.165) is 18.6 Å². The van der Waals surface area contributed by atoms with Crippen LogP contribution in [0.4, 0.5) is 38.0 Å². The second-order valence-electron chi connectivity index (χ2n) is 9.13. The van der Waals surface area contributed by atoms with Crippen LogP contribution in [0.25, 0.3) is 0 Å². The van der Waals surface area contributed by atoms with Gasteiger partial charge in [-0.3, -0.25) is 9.59 Å². The van der Waals surface area contributed by atoms with Gasteiger partial charge in [-0.05, 0) is 19.4 Å². The number of aromatic amines is 1. The van der Waals surface area contributed by atoms with Gasteiger partial charge in [0.05, 0.1) is 23.0 Å². The summed E-state index contributed by atoms with van der Waals surface area (Å²) >= 11 is 0. The minimum Gasteiger partial charge on any atom is -0.379 e. The highest BCUT2D eigenvalue weighted by Gasteiger charge is 2.37. The average Bonchev–Trinajstić information content (AvgIpc) is 3.22. The smallest absolute Gasteiger partial charge is 0.379 e. The van der Waals surface area contributed by atoms with Gasteiger partial charge in [-0.1, -0.05) is 0 Å². The normalized spacial score (nSPS) is 15.4. The summed E-state index contributed by atoms with van der Waals surface area (Å²) in [6, 6.07) is -0.559. The average molecular weight is 558 g/mol. The number of carbonyl (C=O) groups is 1. The van der Waals surface area contributed by atoms with Crippen LogP contribution in [0.2, 0.25) is 0 Å². The molecule has 39 heavy (non-hydrogen) atoms. The first kappa shape index (κ1) is 27.9. The van der Waals surface area contributed by atoms with E-state index in [9.17, 15) is 35.9 Å². The number of anilines is 2. The van der Waals surface area contributed by atoms with Gasteiger partial charge in [0.25, 0.3) is 11.5 Å². The predicted molar refractivity (Wildman–Crippen MR) is 127 cm³/mol. The van der Waals surface area contributed by atoms with Crippen LogP contribution < -0.4 is 15.8 Å². The van der Waals surface area contributed by atoms with E-state index >= 15 is 0 Å². The van der Waals surface area contributed by atoms with Crippen molar-refractivity contribution in [1.29, 1.82) is 0 Å². The molecule has 4 rings (SSSR count). The minimum atomic E-state index is -4.87. The van der Waals surface area contributed by atoms with Gasteiger partial charge in [0.2, 0.25) is 5.95 Å². The Kier molecular flexibility index (Phi) is 7.57. The number of halogens is 6. The summed E-state index contributed by atoms with van der Waals surface area (Å²) in [4.78, 5) is 35.7. The van der Waals surface area contributed by atoms with Gasteiger partial charge in [-0.2, -0.15) is 31.4 Å². The lowest BCUT2D eigenvalue weighted by Crippen LogP contribution is -2.49. The summed E-state index contributed by atoms with van der Waals surface area (Å²) in [7, 11) is 0. The molecule has 210 valence electrons. The maximum absolute atomic E-state index is 13.3. The Labute approximate surface area is 217 Å². The molecule has 0 aliphatic carbocycles. The zero-order valence-electron chi connectivity index (χ0n) is 20.8. The Hall–Kier alpha value is -4.11. The van der Waals surface area contributed by atoms with Gasteiger partial charge in [0.1, 0.15) is 5.56 Å². The molecule has 1 amide bonds. The second kappa shape index (κ2) is 10.6. The number of amides is 1. The molecule has 1 aliphatic heterocycles. The van der Waals surface area contributed by atoms with Crippen LogP contribution in [-0.4, -0.2) is 67.8 Å². The molecule has 0 saturated carbocycles. The summed E-state index contributed by atoms with van der Waals surface area (Å²) < 4.78 is 79.8. The molecule has 0 radical (unpaired) electrons. The Morgan fingerprint density at radius 2 is 1.67 bits per heavy atom. The molecular formula is C23H24F6N8O2. The highest BCUT2D eigenvalue weighted by Crippen LogP contribution is 2.32. The molecule has 0 bridgehead atoms. The van der Waals surface area contributed by atoms with Crippen molar-refractivity contribution in [3.8, 4) is 0 Å². The van der Waals surface area contributed by atoms with Gasteiger partial charge in [0.15, 0.2) is 0 Å². The number of nitrogens with zero attached hydrogens (tertiary/aromatic N) is 6. The molecule has 10 nitrogen and oxygen atoms in total. The summed E-state index contributed by atoms with van der Waals surface area (Å²) in [6.07, 6.45) is -3.77. The largest absolute Gasteiger partial charge is 0.423 e. The van der Waals surface area contributed by atoms with E-state index in [1.54, 1.807) is 45.7 Å². The lowest BCUT2D eigenvalue weighted by molar-refractivity contribution is -0.139. The van der Waals surface area contributed by atoms with Crippen LogP contribution in [0.1, 0.15) is 34.0 Å². The van der Waals surface area contributed by atoms with Gasteiger partial charge in [-0.25, -0.2) is 15.1 Å². The Bertz CT molecular complexity index is 1370. The topological polar surface area (TPSA) is 112 Å². The van der Waals surface area contributed by atoms with Gasteiger partial charge >= 0.3 is 12.4 Å². The Morgan fingerprint density at radius 1 is 1.03 bits per heavy atom. The second-order valence-corrected chi connectivity index (χ2v) is 9.13. The van der Waals surface area contributed by atoms with Crippen molar-refractivity contribution in [3.63, 3.8) is 0 Å². The molecule has 3 aromatic rings. The maximum atomic E-state index is 13.3. The SMILES string of the molecule is Cc1cn(CC(C)Nc2cn[nH]c(=O)c2C(F)(F)F)cc1C(=O)N1CCN(c2ncc(C(F)(F)F)cn2)CC1. The number of carbonyl (C=O) groups excluding carboxylic acids is 1. The van der Waals surface area contributed by atoms with E-state index in [4.69, 9.17) is 0 Å². The van der Waals surface area contributed by atoms with Crippen LogP contribution in [0.5, 0.6) is 0 Å². The lowest BCUT2D eigenvalue weighted by Gasteiger charge is -2.34. The molecule has 1 saturated heterocycles. The summed E-state index contributed by atoms with van der Waals surface area (Å²) in [5.41, 5.74) is -3.04. The van der Waals surface area contributed by atoms with Crippen molar-refractivity contribution in [3.05, 3.63) is 63.6 Å². The fourth-order valence-electron chi connectivity index (χ4n) is 4.28. The number of piperazine rings is 1. The molecule has 1 unspecified atom stereocenters. The zero-order chi connectivity index (χ0) is 28.5. The first-order valence-corrected chi connectivity index (χ1v) is 11.7. The van der Waals surface area contributed by atoms with Crippen LogP contribution in [0.15, 0.2) is 35.8 Å². The van der Waals surface area contributed by atoms with E-state index in [0.29, 0.717) is 37.3 Å². The number of H-pyrrole nitrogens is 1. The van der Waals surface area contributed by atoms with Crippen molar-refractivity contribution < 1.29 is 31.1 Å². The van der Waals surface area contributed by atoms with Gasteiger partial charge in [-0.15, -0.1) is 0 Å². The molecule has 0 spiro atoms. The molecule has 1 aliphatic rings. The van der Waals surface area contributed by atoms with Crippen molar-refractivity contribution in [2.45, 2.75) is 38.8 Å². The third kappa shape index (κ3) is 6.31. The molecule has 16 heteroatoms. The zero-order valence-corrected chi connectivity index (χ0v) is 20.8. The van der Waals surface area contributed by atoms with Gasteiger partial charge < -0.3 is 19.7 Å². The lowest BCUT2D eigenvalue weighted by atomic mass is 10.2. The first-order valence-electron chi connectivity index (χ1n) is 11.7. The van der Waals surface area contributed by atoms with Crippen molar-refractivity contribution in [2.75, 3.05) is 36.4 Å². The van der Waals surface area contributed by atoms with Crippen LogP contribution >= 0.6 is 0 Å². The standard InChI is InChI=1S/C23H24F6N8O2/c1-13-10-35(11-14(2)33-17-9-32-34-19(38)18(17)23(27,28)29)12-16(13)20(39)36-3-5-37(6-4-36)21-30-7-15(8-31-21)22(24,25)26/h7-10,12,14H,3-6,11H2,1-2H3,(H2,33,34,38). The number of nitrogens with one attached hydrogen (secondary N) is 2. The Morgan fingerprint density at radius 3 is 2.26 bits per heavy atom. The number of rotatable bonds is 6. The van der Waals surface area contributed by atoms with E-state index in [2.05, 4.69) is 20.4 Å². The summed E-state index contributed by atoms with van der Waals surface area (Å²) in [6.45, 7) is 4.78. The van der Waals surface area contributed by atoms with Gasteiger partial charge in [0, 0.05) is 63.6 Å². The fraction of sp³-hybridized carbons (Fsp3) is 0.435. The van der Waals surface area contributed by atoms with Crippen LogP contribution in [-0.2, 0) is 18.9 Å².